The van der Waals surface area contributed by atoms with E-state index < -0.39 is 0 Å². The molecule has 25 heavy (non-hydrogen) atoms. The topological polar surface area (TPSA) is 59.6 Å². The number of thiazole rings is 1. The van der Waals surface area contributed by atoms with Gasteiger partial charge in [-0.25, -0.2) is 4.98 Å². The van der Waals surface area contributed by atoms with Gasteiger partial charge in [0.1, 0.15) is 5.56 Å². The van der Waals surface area contributed by atoms with Crippen molar-refractivity contribution in [3.8, 4) is 0 Å². The van der Waals surface area contributed by atoms with E-state index in [0.29, 0.717) is 11.5 Å². The standard InChI is InChI=1S/C18H20N4O2S/c1-4-14-15-6-5-7-20(15)8-9-21(14)16(23)13-10-19-18-22(17(13)24)11(2)12(3)25-18/h5-7,10,14H,4,8-9H2,1-3H3/t14-/m0/s1. The Labute approximate surface area is 149 Å². The van der Waals surface area contributed by atoms with Crippen LogP contribution >= 0.6 is 11.3 Å². The van der Waals surface area contributed by atoms with Crippen LogP contribution in [0, 0.1) is 13.8 Å². The van der Waals surface area contributed by atoms with Crippen molar-refractivity contribution in [2.24, 2.45) is 0 Å². The van der Waals surface area contributed by atoms with Gasteiger partial charge in [-0.15, -0.1) is 11.3 Å². The maximum atomic E-state index is 13.2. The van der Waals surface area contributed by atoms with Crippen molar-refractivity contribution >= 4 is 22.2 Å². The summed E-state index contributed by atoms with van der Waals surface area (Å²) in [7, 11) is 0. The predicted octanol–water partition coefficient (Wildman–Crippen LogP) is 2.78. The third kappa shape index (κ3) is 2.33. The molecule has 0 radical (unpaired) electrons. The van der Waals surface area contributed by atoms with Crippen LogP contribution in [0.4, 0.5) is 0 Å². The molecule has 7 heteroatoms. The van der Waals surface area contributed by atoms with Gasteiger partial charge in [-0.05, 0) is 32.4 Å². The van der Waals surface area contributed by atoms with Gasteiger partial charge in [-0.1, -0.05) is 6.92 Å². The molecule has 0 aliphatic carbocycles. The van der Waals surface area contributed by atoms with Crippen LogP contribution < -0.4 is 5.56 Å². The summed E-state index contributed by atoms with van der Waals surface area (Å²) in [6.45, 7) is 7.26. The number of hydrogen-bond donors (Lipinski definition) is 0. The molecule has 3 aromatic heterocycles. The first-order valence-corrected chi connectivity index (χ1v) is 9.28. The largest absolute Gasteiger partial charge is 0.348 e. The lowest BCUT2D eigenvalue weighted by atomic mass is 10.1. The van der Waals surface area contributed by atoms with Gasteiger partial charge in [-0.3, -0.25) is 14.0 Å². The number of nitrogens with zero attached hydrogens (tertiary/aromatic N) is 4. The van der Waals surface area contributed by atoms with Gasteiger partial charge in [0.15, 0.2) is 4.96 Å². The van der Waals surface area contributed by atoms with E-state index >= 15 is 0 Å². The summed E-state index contributed by atoms with van der Waals surface area (Å²) in [6, 6.07) is 4.04. The number of aryl methyl sites for hydroxylation is 2. The van der Waals surface area contributed by atoms with Crippen LogP contribution in [-0.2, 0) is 6.54 Å². The molecule has 1 aliphatic heterocycles. The van der Waals surface area contributed by atoms with Crippen LogP contribution in [0.2, 0.25) is 0 Å². The van der Waals surface area contributed by atoms with Crippen LogP contribution in [0.25, 0.3) is 4.96 Å². The van der Waals surface area contributed by atoms with Gasteiger partial charge in [0.25, 0.3) is 11.5 Å². The van der Waals surface area contributed by atoms with Crippen molar-refractivity contribution in [2.75, 3.05) is 6.54 Å². The fraction of sp³-hybridized carbons (Fsp3) is 0.389. The second kappa shape index (κ2) is 5.84. The van der Waals surface area contributed by atoms with Crippen LogP contribution in [0.15, 0.2) is 29.3 Å². The summed E-state index contributed by atoms with van der Waals surface area (Å²) in [5.74, 6) is -0.227. The molecule has 130 valence electrons. The lowest BCUT2D eigenvalue weighted by molar-refractivity contribution is 0.0615. The summed E-state index contributed by atoms with van der Waals surface area (Å²) in [4.78, 5) is 33.9. The average molecular weight is 356 g/mol. The van der Waals surface area contributed by atoms with E-state index in [1.807, 2.05) is 37.1 Å². The zero-order valence-corrected chi connectivity index (χ0v) is 15.3. The Morgan fingerprint density at radius 2 is 2.16 bits per heavy atom. The van der Waals surface area contributed by atoms with E-state index in [-0.39, 0.29) is 23.1 Å². The zero-order chi connectivity index (χ0) is 17.7. The average Bonchev–Trinajstić information content (AvgIpc) is 3.19. The number of fused-ring (bicyclic) bond motifs is 2. The molecule has 4 heterocycles. The van der Waals surface area contributed by atoms with Gasteiger partial charge in [0.2, 0.25) is 0 Å². The fourth-order valence-corrected chi connectivity index (χ4v) is 4.54. The van der Waals surface area contributed by atoms with Crippen LogP contribution in [0.5, 0.6) is 0 Å². The Kier molecular flexibility index (Phi) is 3.76. The van der Waals surface area contributed by atoms with E-state index in [1.54, 1.807) is 4.40 Å². The van der Waals surface area contributed by atoms with Crippen molar-refractivity contribution in [1.82, 2.24) is 18.9 Å². The highest BCUT2D eigenvalue weighted by atomic mass is 32.1. The molecular weight excluding hydrogens is 336 g/mol. The van der Waals surface area contributed by atoms with E-state index in [1.165, 1.54) is 17.5 Å². The minimum atomic E-state index is -0.271. The first-order chi connectivity index (χ1) is 12.0. The van der Waals surface area contributed by atoms with Gasteiger partial charge in [0, 0.05) is 41.7 Å². The van der Waals surface area contributed by atoms with Crippen molar-refractivity contribution in [1.29, 1.82) is 0 Å². The summed E-state index contributed by atoms with van der Waals surface area (Å²) in [5.41, 5.74) is 1.86. The van der Waals surface area contributed by atoms with E-state index in [0.717, 1.165) is 29.2 Å². The Bertz CT molecular complexity index is 1030. The third-order valence-electron chi connectivity index (χ3n) is 5.06. The van der Waals surface area contributed by atoms with Crippen molar-refractivity contribution < 1.29 is 4.79 Å². The van der Waals surface area contributed by atoms with E-state index in [9.17, 15) is 9.59 Å². The number of amides is 1. The molecule has 0 unspecified atom stereocenters. The molecule has 4 rings (SSSR count). The predicted molar refractivity (Wildman–Crippen MR) is 97.3 cm³/mol. The minimum Gasteiger partial charge on any atom is -0.348 e. The Balaban J connectivity index is 1.79. The Morgan fingerprint density at radius 3 is 2.92 bits per heavy atom. The second-order valence-electron chi connectivity index (χ2n) is 6.39. The van der Waals surface area contributed by atoms with Crippen LogP contribution in [0.3, 0.4) is 0 Å². The molecule has 0 fully saturated rings. The summed E-state index contributed by atoms with van der Waals surface area (Å²) >= 11 is 1.47. The number of carbonyl (C=O) groups is 1. The lowest BCUT2D eigenvalue weighted by Gasteiger charge is -2.36. The summed E-state index contributed by atoms with van der Waals surface area (Å²) in [6.07, 6.45) is 4.29. The number of hydrogen-bond acceptors (Lipinski definition) is 4. The minimum absolute atomic E-state index is 0.0124. The molecule has 1 amide bonds. The smallest absolute Gasteiger partial charge is 0.271 e. The van der Waals surface area contributed by atoms with Gasteiger partial charge >= 0.3 is 0 Å². The van der Waals surface area contributed by atoms with Crippen molar-refractivity contribution in [3.05, 3.63) is 56.7 Å². The van der Waals surface area contributed by atoms with Crippen LogP contribution in [0.1, 0.15) is 46.0 Å². The zero-order valence-electron chi connectivity index (χ0n) is 14.5. The monoisotopic (exact) mass is 356 g/mol. The number of rotatable bonds is 2. The molecule has 1 atom stereocenters. The first-order valence-electron chi connectivity index (χ1n) is 8.46. The van der Waals surface area contributed by atoms with Crippen LogP contribution in [-0.4, -0.2) is 31.3 Å². The second-order valence-corrected chi connectivity index (χ2v) is 7.57. The lowest BCUT2D eigenvalue weighted by Crippen LogP contribution is -2.43. The van der Waals surface area contributed by atoms with E-state index in [4.69, 9.17) is 0 Å². The fourth-order valence-electron chi connectivity index (χ4n) is 3.61. The first kappa shape index (κ1) is 16.1. The number of aromatic nitrogens is 3. The molecule has 0 saturated carbocycles. The third-order valence-corrected chi connectivity index (χ3v) is 6.13. The summed E-state index contributed by atoms with van der Waals surface area (Å²) < 4.78 is 3.74. The number of carbonyl (C=O) groups excluding carboxylic acids is 1. The highest BCUT2D eigenvalue weighted by Gasteiger charge is 2.32. The van der Waals surface area contributed by atoms with E-state index in [2.05, 4.69) is 16.5 Å². The van der Waals surface area contributed by atoms with Crippen molar-refractivity contribution in [2.45, 2.75) is 39.8 Å². The maximum Gasteiger partial charge on any atom is 0.271 e. The Hall–Kier alpha value is -2.41. The van der Waals surface area contributed by atoms with Gasteiger partial charge in [0.05, 0.1) is 6.04 Å². The molecule has 0 bridgehead atoms. The normalized spacial score (nSPS) is 17.1. The highest BCUT2D eigenvalue weighted by molar-refractivity contribution is 7.17. The molecule has 6 nitrogen and oxygen atoms in total. The molecule has 0 N–H and O–H groups in total. The Morgan fingerprint density at radius 1 is 1.36 bits per heavy atom. The molecule has 0 aromatic carbocycles. The molecular formula is C18H20N4O2S. The maximum absolute atomic E-state index is 13.2. The molecule has 0 saturated heterocycles. The van der Waals surface area contributed by atoms with Gasteiger partial charge in [-0.2, -0.15) is 0 Å². The molecule has 3 aromatic rings. The molecule has 1 aliphatic rings. The SMILES string of the molecule is CC[C@H]1c2cccn2CCN1C(=O)c1cnc2sc(C)c(C)n2c1=O. The van der Waals surface area contributed by atoms with Crippen molar-refractivity contribution in [3.63, 3.8) is 0 Å². The quantitative estimate of drug-likeness (QED) is 0.709. The highest BCUT2D eigenvalue weighted by Crippen LogP contribution is 2.29. The summed E-state index contributed by atoms with van der Waals surface area (Å²) in [5, 5.41) is 0. The van der Waals surface area contributed by atoms with Gasteiger partial charge < -0.3 is 9.47 Å². The molecule has 0 spiro atoms.